The van der Waals surface area contributed by atoms with Crippen LogP contribution in [0.2, 0.25) is 0 Å². The van der Waals surface area contributed by atoms with E-state index < -0.39 is 0 Å². The minimum Gasteiger partial charge on any atom is -0.508 e. The van der Waals surface area contributed by atoms with Gasteiger partial charge in [-0.2, -0.15) is 0 Å². The Balaban J connectivity index is 2.76. The zero-order valence-electron chi connectivity index (χ0n) is 9.30. The first-order valence-corrected chi connectivity index (χ1v) is 5.12. The van der Waals surface area contributed by atoms with E-state index in [-0.39, 0.29) is 17.4 Å². The van der Waals surface area contributed by atoms with Gasteiger partial charge in [-0.05, 0) is 35.8 Å². The number of benzene rings is 1. The summed E-state index contributed by atoms with van der Waals surface area (Å²) in [5.41, 5.74) is 1.00. The molecule has 1 aromatic rings. The van der Waals surface area contributed by atoms with Gasteiger partial charge < -0.3 is 10.2 Å². The average Bonchev–Trinajstić information content (AvgIpc) is 2.26. The highest BCUT2D eigenvalue weighted by Gasteiger charge is 2.01. The number of aromatic hydroxyl groups is 1. The number of aliphatic hydroxyl groups is 1. The van der Waals surface area contributed by atoms with Gasteiger partial charge in [0, 0.05) is 0 Å². The molecule has 2 N–H and O–H groups in total. The van der Waals surface area contributed by atoms with Crippen LogP contribution in [-0.4, -0.2) is 10.2 Å². The molecular weight excluding hydrogens is 200 g/mol. The Morgan fingerprint density at radius 1 is 1.44 bits per heavy atom. The Bertz CT molecular complexity index is 416. The van der Waals surface area contributed by atoms with Crippen LogP contribution in [0.5, 0.6) is 5.75 Å². The van der Waals surface area contributed by atoms with Gasteiger partial charge in [-0.1, -0.05) is 37.8 Å². The SMILES string of the molecule is C=C/C=C(O)\C=C/C(C)c1cccc(O)c1. The van der Waals surface area contributed by atoms with Gasteiger partial charge in [-0.25, -0.2) is 0 Å². The second kappa shape index (κ2) is 5.81. The van der Waals surface area contributed by atoms with E-state index in [1.54, 1.807) is 24.3 Å². The number of phenolic OH excluding ortho intramolecular Hbond substituents is 1. The number of hydrogen-bond donors (Lipinski definition) is 2. The Kier molecular flexibility index (Phi) is 4.40. The van der Waals surface area contributed by atoms with Crippen molar-refractivity contribution in [2.45, 2.75) is 12.8 Å². The van der Waals surface area contributed by atoms with Crippen LogP contribution in [0.1, 0.15) is 18.4 Å². The Morgan fingerprint density at radius 2 is 2.19 bits per heavy atom. The molecule has 0 amide bonds. The van der Waals surface area contributed by atoms with Crippen LogP contribution in [-0.2, 0) is 0 Å². The van der Waals surface area contributed by atoms with Crippen molar-refractivity contribution in [1.82, 2.24) is 0 Å². The number of phenols is 1. The molecule has 16 heavy (non-hydrogen) atoms. The fourth-order valence-electron chi connectivity index (χ4n) is 1.34. The molecule has 0 bridgehead atoms. The van der Waals surface area contributed by atoms with Gasteiger partial charge in [-0.3, -0.25) is 0 Å². The summed E-state index contributed by atoms with van der Waals surface area (Å²) in [6.45, 7) is 5.49. The number of hydrogen-bond acceptors (Lipinski definition) is 2. The molecule has 2 heteroatoms. The highest BCUT2D eigenvalue weighted by Crippen LogP contribution is 2.21. The highest BCUT2D eigenvalue weighted by molar-refractivity contribution is 5.32. The molecule has 84 valence electrons. The van der Waals surface area contributed by atoms with E-state index in [1.807, 2.05) is 19.1 Å². The van der Waals surface area contributed by atoms with Crippen molar-refractivity contribution in [3.8, 4) is 5.75 Å². The van der Waals surface area contributed by atoms with Crippen LogP contribution in [0, 0.1) is 0 Å². The zero-order chi connectivity index (χ0) is 12.0. The van der Waals surface area contributed by atoms with Crippen LogP contribution in [0.4, 0.5) is 0 Å². The first kappa shape index (κ1) is 12.1. The first-order valence-electron chi connectivity index (χ1n) is 5.12. The van der Waals surface area contributed by atoms with Crippen LogP contribution in [0.3, 0.4) is 0 Å². The maximum atomic E-state index is 9.35. The van der Waals surface area contributed by atoms with Gasteiger partial charge in [0.25, 0.3) is 0 Å². The summed E-state index contributed by atoms with van der Waals surface area (Å²) >= 11 is 0. The van der Waals surface area contributed by atoms with Crippen molar-refractivity contribution in [1.29, 1.82) is 0 Å². The van der Waals surface area contributed by atoms with Gasteiger partial charge in [-0.15, -0.1) is 0 Å². The Morgan fingerprint density at radius 3 is 2.81 bits per heavy atom. The predicted octanol–water partition coefficient (Wildman–Crippen LogP) is 3.68. The molecule has 0 aliphatic rings. The molecule has 1 atom stereocenters. The molecule has 1 aromatic carbocycles. The van der Waals surface area contributed by atoms with Gasteiger partial charge >= 0.3 is 0 Å². The van der Waals surface area contributed by atoms with E-state index in [0.29, 0.717) is 0 Å². The quantitative estimate of drug-likeness (QED) is 0.595. The summed E-state index contributed by atoms with van der Waals surface area (Å²) in [6, 6.07) is 7.08. The second-order valence-corrected chi connectivity index (χ2v) is 3.57. The molecule has 0 spiro atoms. The molecule has 0 fully saturated rings. The summed E-state index contributed by atoms with van der Waals surface area (Å²) in [7, 11) is 0. The van der Waals surface area contributed by atoms with Crippen LogP contribution < -0.4 is 0 Å². The van der Waals surface area contributed by atoms with Crippen LogP contribution in [0.15, 0.2) is 60.9 Å². The largest absolute Gasteiger partial charge is 0.508 e. The lowest BCUT2D eigenvalue weighted by Gasteiger charge is -2.06. The fraction of sp³-hybridized carbons (Fsp3) is 0.143. The maximum absolute atomic E-state index is 9.35. The van der Waals surface area contributed by atoms with Gasteiger partial charge in [0.2, 0.25) is 0 Å². The molecule has 1 rings (SSSR count). The molecule has 0 aliphatic carbocycles. The fourth-order valence-corrected chi connectivity index (χ4v) is 1.34. The molecule has 0 saturated heterocycles. The predicted molar refractivity (Wildman–Crippen MR) is 66.6 cm³/mol. The molecule has 0 radical (unpaired) electrons. The molecule has 2 nitrogen and oxygen atoms in total. The lowest BCUT2D eigenvalue weighted by molar-refractivity contribution is 0.432. The summed E-state index contributed by atoms with van der Waals surface area (Å²) in [4.78, 5) is 0. The van der Waals surface area contributed by atoms with Crippen LogP contribution in [0.25, 0.3) is 0 Å². The second-order valence-electron chi connectivity index (χ2n) is 3.57. The topological polar surface area (TPSA) is 40.5 Å². The average molecular weight is 216 g/mol. The molecule has 1 unspecified atom stereocenters. The Hall–Kier alpha value is -1.96. The smallest absolute Gasteiger partial charge is 0.115 e. The molecule has 0 aliphatic heterocycles. The van der Waals surface area contributed by atoms with E-state index in [2.05, 4.69) is 6.58 Å². The zero-order valence-corrected chi connectivity index (χ0v) is 9.30. The molecule has 0 aromatic heterocycles. The minimum atomic E-state index is 0.132. The van der Waals surface area contributed by atoms with E-state index in [4.69, 9.17) is 0 Å². The molecular formula is C14H16O2. The number of allylic oxidation sites excluding steroid dienone is 4. The molecule has 0 saturated carbocycles. The highest BCUT2D eigenvalue weighted by atomic mass is 16.3. The monoisotopic (exact) mass is 216 g/mol. The summed E-state index contributed by atoms with van der Waals surface area (Å²) in [5.74, 6) is 0.554. The van der Waals surface area contributed by atoms with E-state index in [9.17, 15) is 10.2 Å². The van der Waals surface area contributed by atoms with Crippen molar-refractivity contribution in [2.75, 3.05) is 0 Å². The lowest BCUT2D eigenvalue weighted by Crippen LogP contribution is -1.88. The van der Waals surface area contributed by atoms with Crippen molar-refractivity contribution >= 4 is 0 Å². The van der Waals surface area contributed by atoms with Gasteiger partial charge in [0.1, 0.15) is 11.5 Å². The summed E-state index contributed by atoms with van der Waals surface area (Å²) in [6.07, 6.45) is 6.53. The summed E-state index contributed by atoms with van der Waals surface area (Å²) < 4.78 is 0. The van der Waals surface area contributed by atoms with E-state index >= 15 is 0 Å². The van der Waals surface area contributed by atoms with Crippen LogP contribution >= 0.6 is 0 Å². The number of aliphatic hydroxyl groups excluding tert-OH is 1. The normalized spacial score (nSPS) is 13.9. The first-order chi connectivity index (χ1) is 7.63. The van der Waals surface area contributed by atoms with Crippen molar-refractivity contribution in [2.24, 2.45) is 0 Å². The lowest BCUT2D eigenvalue weighted by atomic mass is 10.0. The van der Waals surface area contributed by atoms with Crippen molar-refractivity contribution in [3.05, 3.63) is 66.5 Å². The van der Waals surface area contributed by atoms with Crippen molar-refractivity contribution in [3.63, 3.8) is 0 Å². The van der Waals surface area contributed by atoms with Crippen molar-refractivity contribution < 1.29 is 10.2 Å². The molecule has 0 heterocycles. The Labute approximate surface area is 95.9 Å². The van der Waals surface area contributed by atoms with Gasteiger partial charge in [0.05, 0.1) is 0 Å². The third-order valence-corrected chi connectivity index (χ3v) is 2.24. The third kappa shape index (κ3) is 3.65. The standard InChI is InChI=1S/C14H16O2/c1-3-5-13(15)9-8-11(2)12-6-4-7-14(16)10-12/h3-11,15-16H,1H2,2H3/b9-8-,13-5+. The minimum absolute atomic E-state index is 0.132. The van der Waals surface area contributed by atoms with E-state index in [1.165, 1.54) is 12.2 Å². The van der Waals surface area contributed by atoms with Gasteiger partial charge in [0.15, 0.2) is 0 Å². The number of rotatable bonds is 4. The summed E-state index contributed by atoms with van der Waals surface area (Å²) in [5, 5.41) is 18.7. The van der Waals surface area contributed by atoms with E-state index in [0.717, 1.165) is 5.56 Å². The maximum Gasteiger partial charge on any atom is 0.115 e. The third-order valence-electron chi connectivity index (χ3n) is 2.24.